The lowest BCUT2D eigenvalue weighted by Crippen LogP contribution is -2.04. The van der Waals surface area contributed by atoms with E-state index in [0.717, 1.165) is 24.0 Å². The fraction of sp³-hybridized carbons (Fsp3) is 0.294. The van der Waals surface area contributed by atoms with Crippen molar-refractivity contribution in [1.29, 1.82) is 0 Å². The lowest BCUT2D eigenvalue weighted by molar-refractivity contribution is 0.178. The van der Waals surface area contributed by atoms with Crippen LogP contribution in [0.5, 0.6) is 0 Å². The fourth-order valence-corrected chi connectivity index (χ4v) is 3.26. The summed E-state index contributed by atoms with van der Waals surface area (Å²) < 4.78 is 13.9. The molecule has 0 fully saturated rings. The van der Waals surface area contributed by atoms with Crippen LogP contribution in [0.25, 0.3) is 0 Å². The van der Waals surface area contributed by atoms with Crippen LogP contribution in [0.15, 0.2) is 40.9 Å². The summed E-state index contributed by atoms with van der Waals surface area (Å²) in [4.78, 5) is 0. The van der Waals surface area contributed by atoms with Gasteiger partial charge >= 0.3 is 0 Å². The average Bonchev–Trinajstić information content (AvgIpc) is 2.91. The van der Waals surface area contributed by atoms with Crippen LogP contribution in [0.2, 0.25) is 0 Å². The molecule has 2 aromatic carbocycles. The standard InChI is InChI=1S/C17H16BrFO/c18-17-14(5-2-6-15(17)19)10-16(20)13-8-7-11-3-1-4-12(11)9-13/h2,5-9,16,20H,1,3-4,10H2. The van der Waals surface area contributed by atoms with Crippen molar-refractivity contribution >= 4 is 15.9 Å². The van der Waals surface area contributed by atoms with Gasteiger partial charge in [0.05, 0.1) is 10.6 Å². The molecule has 0 saturated carbocycles. The molecule has 0 heterocycles. The van der Waals surface area contributed by atoms with E-state index in [-0.39, 0.29) is 5.82 Å². The highest BCUT2D eigenvalue weighted by atomic mass is 79.9. The molecule has 0 saturated heterocycles. The molecule has 104 valence electrons. The van der Waals surface area contributed by atoms with Crippen LogP contribution in [0.3, 0.4) is 0 Å². The molecule has 0 radical (unpaired) electrons. The summed E-state index contributed by atoms with van der Waals surface area (Å²) in [6, 6.07) is 11.1. The highest BCUT2D eigenvalue weighted by Gasteiger charge is 2.16. The van der Waals surface area contributed by atoms with Crippen molar-refractivity contribution in [3.8, 4) is 0 Å². The number of benzene rings is 2. The summed E-state index contributed by atoms with van der Waals surface area (Å²) in [5.74, 6) is -0.288. The average molecular weight is 335 g/mol. The van der Waals surface area contributed by atoms with Gasteiger partial charge in [0.25, 0.3) is 0 Å². The highest BCUT2D eigenvalue weighted by Crippen LogP contribution is 2.29. The second-order valence-electron chi connectivity index (χ2n) is 5.31. The van der Waals surface area contributed by atoms with E-state index in [0.29, 0.717) is 10.9 Å². The second kappa shape index (κ2) is 5.66. The molecule has 1 atom stereocenters. The minimum atomic E-state index is -0.598. The molecule has 1 nitrogen and oxygen atoms in total. The monoisotopic (exact) mass is 334 g/mol. The van der Waals surface area contributed by atoms with Crippen LogP contribution in [0, 0.1) is 5.82 Å². The Morgan fingerprint density at radius 2 is 1.95 bits per heavy atom. The maximum Gasteiger partial charge on any atom is 0.137 e. The number of aliphatic hydroxyl groups is 1. The maximum atomic E-state index is 13.5. The zero-order chi connectivity index (χ0) is 14.1. The number of hydrogen-bond donors (Lipinski definition) is 1. The lowest BCUT2D eigenvalue weighted by Gasteiger charge is -2.14. The normalized spacial score (nSPS) is 15.2. The van der Waals surface area contributed by atoms with Gasteiger partial charge in [-0.25, -0.2) is 4.39 Å². The van der Waals surface area contributed by atoms with Crippen molar-refractivity contribution < 1.29 is 9.50 Å². The highest BCUT2D eigenvalue weighted by molar-refractivity contribution is 9.10. The summed E-state index contributed by atoms with van der Waals surface area (Å²) >= 11 is 3.24. The summed E-state index contributed by atoms with van der Waals surface area (Å²) in [6.07, 6.45) is 3.25. The van der Waals surface area contributed by atoms with Crippen molar-refractivity contribution in [2.24, 2.45) is 0 Å². The van der Waals surface area contributed by atoms with E-state index in [1.807, 2.05) is 12.1 Å². The van der Waals surface area contributed by atoms with Gasteiger partial charge < -0.3 is 5.11 Å². The first-order chi connectivity index (χ1) is 9.65. The molecular formula is C17H16BrFO. The first-order valence-corrected chi connectivity index (χ1v) is 7.67. The number of halogens is 2. The summed E-state index contributed by atoms with van der Waals surface area (Å²) in [5.41, 5.74) is 4.45. The molecular weight excluding hydrogens is 319 g/mol. The molecule has 1 N–H and O–H groups in total. The van der Waals surface area contributed by atoms with Crippen LogP contribution >= 0.6 is 15.9 Å². The topological polar surface area (TPSA) is 20.2 Å². The Balaban J connectivity index is 1.82. The van der Waals surface area contributed by atoms with E-state index < -0.39 is 6.10 Å². The van der Waals surface area contributed by atoms with E-state index in [1.54, 1.807) is 6.07 Å². The summed E-state index contributed by atoms with van der Waals surface area (Å²) in [7, 11) is 0. The first-order valence-electron chi connectivity index (χ1n) is 6.88. The molecule has 1 unspecified atom stereocenters. The van der Waals surface area contributed by atoms with Crippen molar-refractivity contribution in [2.45, 2.75) is 31.8 Å². The molecule has 3 rings (SSSR count). The predicted octanol–water partition coefficient (Wildman–Crippen LogP) is 4.35. The molecule has 0 amide bonds. The molecule has 0 aromatic heterocycles. The third-order valence-corrected chi connectivity index (χ3v) is 4.84. The van der Waals surface area contributed by atoms with E-state index in [9.17, 15) is 9.50 Å². The quantitative estimate of drug-likeness (QED) is 0.884. The van der Waals surface area contributed by atoms with E-state index in [2.05, 4.69) is 28.1 Å². The molecule has 1 aliphatic rings. The van der Waals surface area contributed by atoms with E-state index in [1.165, 1.54) is 23.6 Å². The number of aryl methyl sites for hydroxylation is 2. The molecule has 0 bridgehead atoms. The Kier molecular flexibility index (Phi) is 3.90. The van der Waals surface area contributed by atoms with Gasteiger partial charge in [-0.1, -0.05) is 30.3 Å². The van der Waals surface area contributed by atoms with Crippen LogP contribution in [0.4, 0.5) is 4.39 Å². The van der Waals surface area contributed by atoms with Gasteiger partial charge in [-0.3, -0.25) is 0 Å². The van der Waals surface area contributed by atoms with Crippen LogP contribution in [0.1, 0.15) is 34.8 Å². The fourth-order valence-electron chi connectivity index (χ4n) is 2.83. The van der Waals surface area contributed by atoms with Crippen molar-refractivity contribution in [1.82, 2.24) is 0 Å². The SMILES string of the molecule is OC(Cc1cccc(F)c1Br)c1ccc2c(c1)CCC2. The van der Waals surface area contributed by atoms with Crippen molar-refractivity contribution in [3.05, 3.63) is 68.9 Å². The Morgan fingerprint density at radius 1 is 1.15 bits per heavy atom. The molecule has 0 spiro atoms. The Morgan fingerprint density at radius 3 is 2.80 bits per heavy atom. The molecule has 1 aliphatic carbocycles. The van der Waals surface area contributed by atoms with Gasteiger partial charge in [-0.05, 0) is 63.5 Å². The van der Waals surface area contributed by atoms with E-state index >= 15 is 0 Å². The largest absolute Gasteiger partial charge is 0.388 e. The number of fused-ring (bicyclic) bond motifs is 1. The van der Waals surface area contributed by atoms with E-state index in [4.69, 9.17) is 0 Å². The molecule has 20 heavy (non-hydrogen) atoms. The Labute approximate surface area is 126 Å². The van der Waals surface area contributed by atoms with Crippen LogP contribution in [-0.2, 0) is 19.3 Å². The number of hydrogen-bond acceptors (Lipinski definition) is 1. The Hall–Kier alpha value is -1.19. The zero-order valence-corrected chi connectivity index (χ0v) is 12.7. The van der Waals surface area contributed by atoms with Crippen LogP contribution < -0.4 is 0 Å². The van der Waals surface area contributed by atoms with Gasteiger partial charge in [0, 0.05) is 6.42 Å². The number of rotatable bonds is 3. The van der Waals surface area contributed by atoms with Gasteiger partial charge in [-0.2, -0.15) is 0 Å². The minimum absolute atomic E-state index is 0.288. The van der Waals surface area contributed by atoms with Gasteiger partial charge in [-0.15, -0.1) is 0 Å². The summed E-state index contributed by atoms with van der Waals surface area (Å²) in [5, 5.41) is 10.4. The maximum absolute atomic E-state index is 13.5. The third kappa shape index (κ3) is 2.65. The van der Waals surface area contributed by atoms with Gasteiger partial charge in [0.1, 0.15) is 5.82 Å². The number of aliphatic hydroxyl groups excluding tert-OH is 1. The van der Waals surface area contributed by atoms with Gasteiger partial charge in [0.15, 0.2) is 0 Å². The molecule has 2 aromatic rings. The zero-order valence-electron chi connectivity index (χ0n) is 11.1. The van der Waals surface area contributed by atoms with Crippen molar-refractivity contribution in [2.75, 3.05) is 0 Å². The first kappa shape index (κ1) is 13.8. The Bertz CT molecular complexity index is 639. The lowest BCUT2D eigenvalue weighted by atomic mass is 9.98. The van der Waals surface area contributed by atoms with Gasteiger partial charge in [0.2, 0.25) is 0 Å². The third-order valence-electron chi connectivity index (χ3n) is 3.95. The predicted molar refractivity (Wildman–Crippen MR) is 81.2 cm³/mol. The second-order valence-corrected chi connectivity index (χ2v) is 6.11. The molecule has 3 heteroatoms. The summed E-state index contributed by atoms with van der Waals surface area (Å²) in [6.45, 7) is 0. The molecule has 0 aliphatic heterocycles. The van der Waals surface area contributed by atoms with Crippen LogP contribution in [-0.4, -0.2) is 5.11 Å². The minimum Gasteiger partial charge on any atom is -0.388 e. The van der Waals surface area contributed by atoms with Crippen molar-refractivity contribution in [3.63, 3.8) is 0 Å². The smallest absolute Gasteiger partial charge is 0.137 e.